The fourth-order valence-corrected chi connectivity index (χ4v) is 1.36. The van der Waals surface area contributed by atoms with Crippen LogP contribution in [0.15, 0.2) is 12.3 Å². The first-order chi connectivity index (χ1) is 7.86. The molecule has 0 unspecified atom stereocenters. The van der Waals surface area contributed by atoms with Crippen molar-refractivity contribution in [3.63, 3.8) is 0 Å². The molecule has 0 saturated carbocycles. The number of esters is 1. The highest BCUT2D eigenvalue weighted by atomic mass is 19.4. The molecule has 0 bridgehead atoms. The van der Waals surface area contributed by atoms with Crippen molar-refractivity contribution in [1.82, 2.24) is 4.98 Å². The van der Waals surface area contributed by atoms with E-state index in [-0.39, 0.29) is 12.2 Å². The van der Waals surface area contributed by atoms with Gasteiger partial charge in [0.25, 0.3) is 0 Å². The zero-order valence-electron chi connectivity index (χ0n) is 9.04. The Hall–Kier alpha value is -1.79. The fraction of sp³-hybridized carbons (Fsp3) is 0.400. The lowest BCUT2D eigenvalue weighted by atomic mass is 10.1. The summed E-state index contributed by atoms with van der Waals surface area (Å²) in [7, 11) is 0. The molecule has 1 heterocycles. The molecule has 4 nitrogen and oxygen atoms in total. The van der Waals surface area contributed by atoms with Crippen LogP contribution in [0.1, 0.15) is 18.1 Å². The van der Waals surface area contributed by atoms with E-state index < -0.39 is 29.9 Å². The predicted octanol–water partition coefficient (Wildman–Crippen LogP) is 1.79. The van der Waals surface area contributed by atoms with E-state index in [9.17, 15) is 18.0 Å². The molecule has 0 amide bonds. The lowest BCUT2D eigenvalue weighted by Gasteiger charge is -2.13. The topological polar surface area (TPSA) is 65.2 Å². The third-order valence-corrected chi connectivity index (χ3v) is 1.99. The molecule has 0 saturated heterocycles. The van der Waals surface area contributed by atoms with E-state index in [0.29, 0.717) is 0 Å². The normalized spacial score (nSPS) is 11.3. The maximum absolute atomic E-state index is 12.7. The van der Waals surface area contributed by atoms with Gasteiger partial charge in [-0.2, -0.15) is 13.2 Å². The zero-order valence-corrected chi connectivity index (χ0v) is 9.04. The molecule has 17 heavy (non-hydrogen) atoms. The van der Waals surface area contributed by atoms with Crippen molar-refractivity contribution in [2.75, 3.05) is 12.3 Å². The summed E-state index contributed by atoms with van der Waals surface area (Å²) >= 11 is 0. The smallest absolute Gasteiger partial charge is 0.420 e. The van der Waals surface area contributed by atoms with E-state index in [1.165, 1.54) is 0 Å². The van der Waals surface area contributed by atoms with Crippen LogP contribution in [0.3, 0.4) is 0 Å². The second-order valence-corrected chi connectivity index (χ2v) is 3.21. The summed E-state index contributed by atoms with van der Waals surface area (Å²) in [4.78, 5) is 14.5. The van der Waals surface area contributed by atoms with Gasteiger partial charge in [0.05, 0.1) is 13.0 Å². The molecule has 94 valence electrons. The van der Waals surface area contributed by atoms with Gasteiger partial charge in [0.1, 0.15) is 11.4 Å². The van der Waals surface area contributed by atoms with E-state index in [0.717, 1.165) is 12.3 Å². The van der Waals surface area contributed by atoms with E-state index in [1.54, 1.807) is 6.92 Å². The van der Waals surface area contributed by atoms with Crippen molar-refractivity contribution < 1.29 is 22.7 Å². The van der Waals surface area contributed by atoms with Crippen LogP contribution in [0.5, 0.6) is 0 Å². The molecule has 0 aliphatic heterocycles. The number of pyridine rings is 1. The van der Waals surface area contributed by atoms with Crippen molar-refractivity contribution in [1.29, 1.82) is 0 Å². The molecule has 0 aliphatic rings. The van der Waals surface area contributed by atoms with Gasteiger partial charge in [-0.25, -0.2) is 4.98 Å². The Morgan fingerprint density at radius 2 is 2.18 bits per heavy atom. The third kappa shape index (κ3) is 3.33. The van der Waals surface area contributed by atoms with Gasteiger partial charge < -0.3 is 10.5 Å². The maximum atomic E-state index is 12.7. The van der Waals surface area contributed by atoms with Gasteiger partial charge >= 0.3 is 12.1 Å². The number of alkyl halides is 3. The van der Waals surface area contributed by atoms with Crippen LogP contribution in [0.4, 0.5) is 19.0 Å². The van der Waals surface area contributed by atoms with Gasteiger partial charge in [-0.15, -0.1) is 0 Å². The molecule has 0 fully saturated rings. The minimum absolute atomic E-state index is 0.112. The monoisotopic (exact) mass is 248 g/mol. The Bertz CT molecular complexity index is 419. The van der Waals surface area contributed by atoms with E-state index in [4.69, 9.17) is 5.73 Å². The van der Waals surface area contributed by atoms with Crippen molar-refractivity contribution in [2.24, 2.45) is 0 Å². The Morgan fingerprint density at radius 3 is 2.71 bits per heavy atom. The molecule has 0 spiro atoms. The molecule has 0 aromatic carbocycles. The van der Waals surface area contributed by atoms with Crippen molar-refractivity contribution >= 4 is 11.8 Å². The van der Waals surface area contributed by atoms with Crippen LogP contribution in [0, 0.1) is 0 Å². The summed E-state index contributed by atoms with van der Waals surface area (Å²) in [6.45, 7) is 1.68. The van der Waals surface area contributed by atoms with Crippen molar-refractivity contribution in [3.8, 4) is 0 Å². The molecule has 1 rings (SSSR count). The van der Waals surface area contributed by atoms with Gasteiger partial charge in [-0.3, -0.25) is 4.79 Å². The molecule has 2 N–H and O–H groups in total. The highest BCUT2D eigenvalue weighted by Crippen LogP contribution is 2.35. The predicted molar refractivity (Wildman–Crippen MR) is 54.0 cm³/mol. The lowest BCUT2D eigenvalue weighted by Crippen LogP contribution is -2.17. The third-order valence-electron chi connectivity index (χ3n) is 1.99. The first-order valence-electron chi connectivity index (χ1n) is 4.82. The molecule has 0 atom stereocenters. The number of halogens is 3. The quantitative estimate of drug-likeness (QED) is 0.828. The number of nitrogen functional groups attached to an aromatic ring is 1. The number of hydrogen-bond acceptors (Lipinski definition) is 4. The summed E-state index contributed by atoms with van der Waals surface area (Å²) in [6, 6.07) is 1.11. The van der Waals surface area contributed by atoms with E-state index in [1.807, 2.05) is 0 Å². The lowest BCUT2D eigenvalue weighted by molar-refractivity contribution is -0.143. The second kappa shape index (κ2) is 5.03. The zero-order chi connectivity index (χ0) is 13.1. The number of carbonyl (C=O) groups excluding carboxylic acids is 1. The maximum Gasteiger partial charge on any atom is 0.420 e. The highest BCUT2D eigenvalue weighted by molar-refractivity contribution is 5.73. The van der Waals surface area contributed by atoms with Crippen LogP contribution in [0.25, 0.3) is 0 Å². The number of carbonyl (C=O) groups is 1. The van der Waals surface area contributed by atoms with Gasteiger partial charge in [-0.05, 0) is 18.6 Å². The number of aromatic nitrogens is 1. The van der Waals surface area contributed by atoms with Crippen LogP contribution in [-0.4, -0.2) is 17.6 Å². The van der Waals surface area contributed by atoms with Gasteiger partial charge in [0.15, 0.2) is 0 Å². The Labute approximate surface area is 95.6 Å². The molecule has 0 aliphatic carbocycles. The molecule has 7 heteroatoms. The second-order valence-electron chi connectivity index (χ2n) is 3.21. The summed E-state index contributed by atoms with van der Waals surface area (Å²) in [6.07, 6.45) is -3.99. The number of ether oxygens (including phenoxy) is 1. The van der Waals surface area contributed by atoms with Crippen LogP contribution in [-0.2, 0) is 22.1 Å². The van der Waals surface area contributed by atoms with Crippen LogP contribution in [0.2, 0.25) is 0 Å². The highest BCUT2D eigenvalue weighted by Gasteiger charge is 2.36. The van der Waals surface area contributed by atoms with Gasteiger partial charge in [0, 0.05) is 6.20 Å². The average Bonchev–Trinajstić information content (AvgIpc) is 2.15. The summed E-state index contributed by atoms with van der Waals surface area (Å²) in [5.74, 6) is -1.37. The molecule has 0 radical (unpaired) electrons. The van der Waals surface area contributed by atoms with Gasteiger partial charge in [0.2, 0.25) is 0 Å². The molecular weight excluding hydrogens is 237 g/mol. The minimum Gasteiger partial charge on any atom is -0.466 e. The fourth-order valence-electron chi connectivity index (χ4n) is 1.36. The summed E-state index contributed by atoms with van der Waals surface area (Å²) < 4.78 is 42.6. The minimum atomic E-state index is -4.64. The SMILES string of the molecule is CCOC(=O)Cc1ccnc(N)c1C(F)(F)F. The standard InChI is InChI=1S/C10H11F3N2O2/c1-2-17-7(16)5-6-3-4-15-9(14)8(6)10(11,12)13/h3-4H,2,5H2,1H3,(H2,14,15). The first kappa shape index (κ1) is 13.3. The largest absolute Gasteiger partial charge is 0.466 e. The van der Waals surface area contributed by atoms with Crippen LogP contribution >= 0.6 is 0 Å². The van der Waals surface area contributed by atoms with Crippen molar-refractivity contribution in [2.45, 2.75) is 19.5 Å². The van der Waals surface area contributed by atoms with Crippen LogP contribution < -0.4 is 5.73 Å². The Morgan fingerprint density at radius 1 is 1.53 bits per heavy atom. The van der Waals surface area contributed by atoms with E-state index in [2.05, 4.69) is 9.72 Å². The summed E-state index contributed by atoms with van der Waals surface area (Å²) in [5.41, 5.74) is 3.87. The Balaban J connectivity index is 3.08. The van der Waals surface area contributed by atoms with Gasteiger partial charge in [-0.1, -0.05) is 0 Å². The number of nitrogens with zero attached hydrogens (tertiary/aromatic N) is 1. The first-order valence-corrected chi connectivity index (χ1v) is 4.82. The number of anilines is 1. The summed E-state index contributed by atoms with van der Waals surface area (Å²) in [5, 5.41) is 0. The molecular formula is C10H11F3N2O2. The Kier molecular flexibility index (Phi) is 3.93. The molecule has 1 aromatic rings. The average molecular weight is 248 g/mol. The number of rotatable bonds is 3. The molecule has 1 aromatic heterocycles. The van der Waals surface area contributed by atoms with E-state index >= 15 is 0 Å². The van der Waals surface area contributed by atoms with Crippen molar-refractivity contribution in [3.05, 3.63) is 23.4 Å². The number of nitrogens with two attached hydrogens (primary N) is 1. The number of hydrogen-bond donors (Lipinski definition) is 1.